The number of anilines is 1. The summed E-state index contributed by atoms with van der Waals surface area (Å²) in [7, 11) is 0. The van der Waals surface area contributed by atoms with Crippen LogP contribution in [0.3, 0.4) is 0 Å². The minimum Gasteiger partial charge on any atom is -0.461 e. The summed E-state index contributed by atoms with van der Waals surface area (Å²) in [5.74, 6) is -0.293. The van der Waals surface area contributed by atoms with Crippen molar-refractivity contribution in [1.29, 1.82) is 5.26 Å². The predicted molar refractivity (Wildman–Crippen MR) is 126 cm³/mol. The van der Waals surface area contributed by atoms with Crippen molar-refractivity contribution < 1.29 is 27.2 Å². The number of amides is 2. The molecule has 2 fully saturated rings. The van der Waals surface area contributed by atoms with Crippen LogP contribution in [0.1, 0.15) is 43.4 Å². The number of aryl methyl sites for hydroxylation is 1. The molecule has 36 heavy (non-hydrogen) atoms. The lowest BCUT2D eigenvalue weighted by Gasteiger charge is -2.25. The maximum atomic E-state index is 13.7. The maximum absolute atomic E-state index is 13.7. The number of likely N-dealkylation sites (tertiary alicyclic amines) is 2. The number of rotatable bonds is 4. The van der Waals surface area contributed by atoms with Crippen molar-refractivity contribution in [1.82, 2.24) is 15.1 Å². The van der Waals surface area contributed by atoms with Crippen LogP contribution in [0.5, 0.6) is 0 Å². The highest BCUT2D eigenvalue weighted by atomic mass is 19.4. The van der Waals surface area contributed by atoms with Gasteiger partial charge in [0, 0.05) is 30.7 Å². The first kappa shape index (κ1) is 25.3. The summed E-state index contributed by atoms with van der Waals surface area (Å²) >= 11 is 0. The molecule has 2 aliphatic heterocycles. The van der Waals surface area contributed by atoms with Crippen LogP contribution in [-0.4, -0.2) is 59.8 Å². The van der Waals surface area contributed by atoms with Gasteiger partial charge >= 0.3 is 6.18 Å². The van der Waals surface area contributed by atoms with Crippen LogP contribution in [0.15, 0.2) is 27.6 Å². The lowest BCUT2D eigenvalue weighted by atomic mass is 10.1. The highest BCUT2D eigenvalue weighted by Crippen LogP contribution is 2.38. The molecule has 2 aromatic rings. The topological polar surface area (TPSA) is 114 Å². The molecular formula is C24H27F3N6O3. The highest BCUT2D eigenvalue weighted by molar-refractivity contribution is 5.99. The van der Waals surface area contributed by atoms with Crippen LogP contribution in [0.25, 0.3) is 11.0 Å². The number of furan rings is 1. The van der Waals surface area contributed by atoms with Crippen molar-refractivity contribution in [2.24, 2.45) is 4.99 Å². The number of benzene rings is 1. The number of carbonyl (C=O) groups is 2. The third-order valence-electron chi connectivity index (χ3n) is 6.30. The van der Waals surface area contributed by atoms with Gasteiger partial charge in [-0.1, -0.05) is 0 Å². The molecule has 0 aliphatic carbocycles. The molecule has 0 bridgehead atoms. The van der Waals surface area contributed by atoms with Crippen molar-refractivity contribution in [3.05, 3.63) is 29.5 Å². The summed E-state index contributed by atoms with van der Waals surface area (Å²) in [5, 5.41) is 14.5. The Bertz CT molecular complexity index is 1210. The second-order valence-electron chi connectivity index (χ2n) is 9.00. The van der Waals surface area contributed by atoms with Crippen molar-refractivity contribution >= 4 is 34.4 Å². The number of nitriles is 1. The van der Waals surface area contributed by atoms with Crippen molar-refractivity contribution in [3.8, 4) is 6.19 Å². The Kier molecular flexibility index (Phi) is 7.37. The Morgan fingerprint density at radius 1 is 1.19 bits per heavy atom. The monoisotopic (exact) mass is 504 g/mol. The Hall–Kier alpha value is -3.75. The van der Waals surface area contributed by atoms with E-state index in [-0.39, 0.29) is 41.0 Å². The zero-order chi connectivity index (χ0) is 25.9. The summed E-state index contributed by atoms with van der Waals surface area (Å²) in [5.41, 5.74) is -1.22. The van der Waals surface area contributed by atoms with Crippen LogP contribution in [0, 0.1) is 18.4 Å². The number of carbonyl (C=O) groups excluding carboxylic acids is 2. The average molecular weight is 505 g/mol. The van der Waals surface area contributed by atoms with Gasteiger partial charge in [-0.2, -0.15) is 18.4 Å². The smallest absolute Gasteiger partial charge is 0.420 e. The Morgan fingerprint density at radius 2 is 1.92 bits per heavy atom. The molecule has 2 aliphatic rings. The molecule has 4 rings (SSSR count). The molecule has 2 saturated heterocycles. The van der Waals surface area contributed by atoms with Gasteiger partial charge in [0.1, 0.15) is 22.9 Å². The molecule has 0 spiro atoms. The largest absolute Gasteiger partial charge is 0.461 e. The van der Waals surface area contributed by atoms with E-state index < -0.39 is 17.8 Å². The van der Waals surface area contributed by atoms with Gasteiger partial charge in [-0.25, -0.2) is 4.99 Å². The number of hydrogen-bond donors (Lipinski definition) is 2. The Balaban J connectivity index is 1.58. The van der Waals surface area contributed by atoms with E-state index in [1.165, 1.54) is 17.0 Å². The van der Waals surface area contributed by atoms with Gasteiger partial charge in [0.2, 0.25) is 17.8 Å². The minimum absolute atomic E-state index is 0.0271. The van der Waals surface area contributed by atoms with E-state index in [1.54, 1.807) is 18.0 Å². The number of halogens is 3. The number of fused-ring (bicyclic) bond motifs is 1. The van der Waals surface area contributed by atoms with E-state index in [2.05, 4.69) is 15.6 Å². The van der Waals surface area contributed by atoms with E-state index in [4.69, 9.17) is 4.42 Å². The first-order valence-corrected chi connectivity index (χ1v) is 11.8. The molecule has 1 atom stereocenters. The molecule has 1 aromatic heterocycles. The molecule has 3 heterocycles. The fraction of sp³-hybridized carbons (Fsp3) is 0.500. The summed E-state index contributed by atoms with van der Waals surface area (Å²) in [4.78, 5) is 33.4. The lowest BCUT2D eigenvalue weighted by molar-refractivity contribution is -0.140. The number of guanidine groups is 1. The van der Waals surface area contributed by atoms with E-state index in [0.717, 1.165) is 18.9 Å². The average Bonchev–Trinajstić information content (AvgIpc) is 3.44. The molecule has 0 radical (unpaired) electrons. The fourth-order valence-electron chi connectivity index (χ4n) is 4.60. The summed E-state index contributed by atoms with van der Waals surface area (Å²) in [6, 6.07) is 2.92. The second-order valence-corrected chi connectivity index (χ2v) is 9.00. The van der Waals surface area contributed by atoms with Crippen molar-refractivity contribution in [2.45, 2.75) is 51.2 Å². The Morgan fingerprint density at radius 3 is 2.61 bits per heavy atom. The van der Waals surface area contributed by atoms with Crippen LogP contribution >= 0.6 is 0 Å². The molecule has 0 saturated carbocycles. The number of hydrogen-bond acceptors (Lipinski definition) is 5. The number of aliphatic imine (C=N–C) groups is 1. The third-order valence-corrected chi connectivity index (χ3v) is 6.30. The second kappa shape index (κ2) is 10.5. The molecule has 2 N–H and O–H groups in total. The van der Waals surface area contributed by atoms with Crippen molar-refractivity contribution in [2.75, 3.05) is 31.5 Å². The van der Waals surface area contributed by atoms with E-state index in [9.17, 15) is 28.0 Å². The first-order valence-electron chi connectivity index (χ1n) is 11.8. The van der Waals surface area contributed by atoms with Gasteiger partial charge < -0.3 is 19.5 Å². The number of nitrogens with one attached hydrogen (secondary N) is 2. The van der Waals surface area contributed by atoms with Crippen LogP contribution < -0.4 is 10.6 Å². The van der Waals surface area contributed by atoms with Crippen LogP contribution in [0.4, 0.5) is 18.9 Å². The molecule has 2 amide bonds. The standard InChI is InChI=1S/C24H27F3N6O3/c1-15-10-16-11-17(12-18(21(16)36-15)24(25,26)27)30-23(29-14-28)31-19-6-2-3-9-33(22(19)35)13-20(34)32-7-4-5-8-32/h10-12,19H,2-9,13H2,1H3,(H2,29,30,31)/t19-/m0/s1. The zero-order valence-electron chi connectivity index (χ0n) is 19.8. The van der Waals surface area contributed by atoms with Gasteiger partial charge in [-0.3, -0.25) is 14.9 Å². The number of alkyl halides is 3. The van der Waals surface area contributed by atoms with Gasteiger partial charge in [0.15, 0.2) is 6.19 Å². The van der Waals surface area contributed by atoms with Gasteiger partial charge in [0.05, 0.1) is 6.54 Å². The van der Waals surface area contributed by atoms with E-state index >= 15 is 0 Å². The van der Waals surface area contributed by atoms with Crippen molar-refractivity contribution in [3.63, 3.8) is 0 Å². The fourth-order valence-corrected chi connectivity index (χ4v) is 4.60. The number of nitrogens with zero attached hydrogens (tertiary/aromatic N) is 4. The van der Waals surface area contributed by atoms with Gasteiger partial charge in [-0.05, 0) is 57.2 Å². The minimum atomic E-state index is -4.67. The predicted octanol–water partition coefficient (Wildman–Crippen LogP) is 3.60. The third kappa shape index (κ3) is 5.72. The molecule has 12 heteroatoms. The molecule has 1 aromatic carbocycles. The zero-order valence-corrected chi connectivity index (χ0v) is 19.8. The SMILES string of the molecule is Cc1cc2cc(NC(=N[C@H]3CCCCN(CC(=O)N4CCCC4)C3=O)NC#N)cc(C(F)(F)F)c2o1. The Labute approximate surface area is 205 Å². The molecule has 192 valence electrons. The summed E-state index contributed by atoms with van der Waals surface area (Å²) < 4.78 is 46.2. The van der Waals surface area contributed by atoms with Gasteiger partial charge in [0.25, 0.3) is 0 Å². The van der Waals surface area contributed by atoms with Crippen LogP contribution in [0.2, 0.25) is 0 Å². The summed E-state index contributed by atoms with van der Waals surface area (Å²) in [6.07, 6.45) is 0.691. The normalized spacial score (nSPS) is 19.4. The lowest BCUT2D eigenvalue weighted by Crippen LogP contribution is -2.45. The maximum Gasteiger partial charge on any atom is 0.420 e. The first-order chi connectivity index (χ1) is 17.2. The molecular weight excluding hydrogens is 477 g/mol. The van der Waals surface area contributed by atoms with E-state index in [1.807, 2.05) is 0 Å². The molecule has 0 unspecified atom stereocenters. The van der Waals surface area contributed by atoms with E-state index in [0.29, 0.717) is 44.7 Å². The quantitative estimate of drug-likeness (QED) is 0.285. The molecule has 9 nitrogen and oxygen atoms in total. The van der Waals surface area contributed by atoms with Crippen LogP contribution in [-0.2, 0) is 15.8 Å². The highest BCUT2D eigenvalue weighted by Gasteiger charge is 2.35. The summed E-state index contributed by atoms with van der Waals surface area (Å²) in [6.45, 7) is 3.30. The van der Waals surface area contributed by atoms with Gasteiger partial charge in [-0.15, -0.1) is 0 Å².